The Balaban J connectivity index is 1.62. The number of likely N-dealkylation sites (N-methyl/N-ethyl adjacent to an activating group) is 1. The molecule has 3 aromatic rings. The monoisotopic (exact) mass is 449 g/mol. The van der Waals surface area contributed by atoms with Gasteiger partial charge in [0.05, 0.1) is 11.1 Å². The molecule has 0 amide bonds. The summed E-state index contributed by atoms with van der Waals surface area (Å²) in [5.74, 6) is -0.241. The quantitative estimate of drug-likeness (QED) is 0.437. The van der Waals surface area contributed by atoms with E-state index in [0.717, 1.165) is 16.5 Å². The van der Waals surface area contributed by atoms with Crippen molar-refractivity contribution in [2.75, 3.05) is 17.7 Å². The molecule has 0 saturated heterocycles. The third-order valence-electron chi connectivity index (χ3n) is 6.23. The fourth-order valence-corrected chi connectivity index (χ4v) is 5.10. The maximum absolute atomic E-state index is 11.0. The topological polar surface area (TPSA) is 61.5 Å². The standard InChI is InChI=1S/C26H28N2O3S/c1-26(2)22-12-5-7-14-24(22)27(3)25(26)15-8-10-20-16-18-28(17-9-19-32(29,30)31)23-13-6-4-11-21(20)23/h4-8,10-16,18H,9,17,19H2,1-3H3/p+1. The van der Waals surface area contributed by atoms with Gasteiger partial charge in [0.25, 0.3) is 10.1 Å². The first kappa shape index (κ1) is 22.2. The summed E-state index contributed by atoms with van der Waals surface area (Å²) in [5, 5.41) is 1.10. The van der Waals surface area contributed by atoms with Gasteiger partial charge in [0, 0.05) is 42.4 Å². The average molecular weight is 450 g/mol. The molecule has 166 valence electrons. The minimum atomic E-state index is -3.94. The van der Waals surface area contributed by atoms with E-state index in [1.165, 1.54) is 16.9 Å². The summed E-state index contributed by atoms with van der Waals surface area (Å²) in [4.78, 5) is 2.26. The van der Waals surface area contributed by atoms with Crippen LogP contribution >= 0.6 is 0 Å². The van der Waals surface area contributed by atoms with Gasteiger partial charge in [-0.1, -0.05) is 56.3 Å². The Kier molecular flexibility index (Phi) is 5.93. The van der Waals surface area contributed by atoms with Crippen LogP contribution in [-0.4, -0.2) is 25.8 Å². The third kappa shape index (κ3) is 4.33. The lowest BCUT2D eigenvalue weighted by Crippen LogP contribution is -2.35. The minimum Gasteiger partial charge on any atom is -0.347 e. The molecule has 5 nitrogen and oxygen atoms in total. The zero-order chi connectivity index (χ0) is 22.9. The molecule has 2 heterocycles. The van der Waals surface area contributed by atoms with Crippen molar-refractivity contribution in [1.82, 2.24) is 0 Å². The number of hydrogen-bond donors (Lipinski definition) is 1. The van der Waals surface area contributed by atoms with E-state index in [4.69, 9.17) is 4.55 Å². The van der Waals surface area contributed by atoms with Gasteiger partial charge in [0.1, 0.15) is 6.54 Å². The van der Waals surface area contributed by atoms with Crippen LogP contribution < -0.4 is 9.47 Å². The molecule has 2 aromatic carbocycles. The molecule has 0 aliphatic carbocycles. The molecule has 1 aliphatic rings. The van der Waals surface area contributed by atoms with Gasteiger partial charge in [-0.3, -0.25) is 4.55 Å². The van der Waals surface area contributed by atoms with Crippen molar-refractivity contribution in [2.24, 2.45) is 0 Å². The summed E-state index contributed by atoms with van der Waals surface area (Å²) in [6, 6.07) is 18.7. The van der Waals surface area contributed by atoms with E-state index >= 15 is 0 Å². The van der Waals surface area contributed by atoms with Gasteiger partial charge < -0.3 is 4.90 Å². The van der Waals surface area contributed by atoms with Crippen LogP contribution in [0, 0.1) is 0 Å². The highest BCUT2D eigenvalue weighted by molar-refractivity contribution is 7.85. The van der Waals surface area contributed by atoms with Crippen molar-refractivity contribution in [3.63, 3.8) is 0 Å². The highest BCUT2D eigenvalue weighted by Gasteiger charge is 2.37. The molecule has 0 spiro atoms. The first-order valence-electron chi connectivity index (χ1n) is 10.8. The van der Waals surface area contributed by atoms with Crippen molar-refractivity contribution in [2.45, 2.75) is 32.2 Å². The predicted octanol–water partition coefficient (Wildman–Crippen LogP) is 4.73. The summed E-state index contributed by atoms with van der Waals surface area (Å²) < 4.78 is 33.1. The molecule has 0 fully saturated rings. The highest BCUT2D eigenvalue weighted by atomic mass is 32.2. The minimum absolute atomic E-state index is 0.0650. The number of aromatic nitrogens is 1. The molecule has 4 rings (SSSR count). The number of para-hydroxylation sites is 2. The zero-order valence-corrected chi connectivity index (χ0v) is 19.5. The van der Waals surface area contributed by atoms with Crippen LogP contribution in [0.15, 0.2) is 78.6 Å². The number of aryl methyl sites for hydroxylation is 1. The Morgan fingerprint density at radius 1 is 1.06 bits per heavy atom. The van der Waals surface area contributed by atoms with Crippen LogP contribution in [0.2, 0.25) is 0 Å². The van der Waals surface area contributed by atoms with Gasteiger partial charge >= 0.3 is 0 Å². The van der Waals surface area contributed by atoms with Crippen LogP contribution in [0.3, 0.4) is 0 Å². The Bertz CT molecular complexity index is 1320. The van der Waals surface area contributed by atoms with Gasteiger partial charge in [-0.2, -0.15) is 13.0 Å². The lowest BCUT2D eigenvalue weighted by molar-refractivity contribution is -0.671. The number of pyridine rings is 1. The van der Waals surface area contributed by atoms with Gasteiger partial charge in [-0.15, -0.1) is 0 Å². The Labute approximate surface area is 190 Å². The Morgan fingerprint density at radius 3 is 2.53 bits per heavy atom. The fraction of sp³-hybridized carbons (Fsp3) is 0.269. The number of rotatable bonds is 6. The van der Waals surface area contributed by atoms with E-state index in [1.807, 2.05) is 35.0 Å². The lowest BCUT2D eigenvalue weighted by Gasteiger charge is -2.23. The number of hydrogen-bond acceptors (Lipinski definition) is 3. The molecule has 32 heavy (non-hydrogen) atoms. The van der Waals surface area contributed by atoms with Crippen LogP contribution in [0.4, 0.5) is 5.69 Å². The predicted molar refractivity (Wildman–Crippen MR) is 130 cm³/mol. The molecule has 0 atom stereocenters. The smallest absolute Gasteiger partial charge is 0.265 e. The first-order chi connectivity index (χ1) is 15.2. The van der Waals surface area contributed by atoms with E-state index in [9.17, 15) is 8.42 Å². The molecular weight excluding hydrogens is 420 g/mol. The van der Waals surface area contributed by atoms with Crippen LogP contribution in [-0.2, 0) is 22.1 Å². The Hall–Kier alpha value is -2.96. The van der Waals surface area contributed by atoms with E-state index < -0.39 is 10.1 Å². The molecule has 1 N–H and O–H groups in total. The van der Waals surface area contributed by atoms with Crippen LogP contribution in [0.5, 0.6) is 0 Å². The maximum atomic E-state index is 11.0. The molecule has 1 aromatic heterocycles. The number of allylic oxidation sites excluding steroid dienone is 3. The highest BCUT2D eigenvalue weighted by Crippen LogP contribution is 2.46. The van der Waals surface area contributed by atoms with E-state index in [2.05, 4.69) is 74.4 Å². The second-order valence-corrected chi connectivity index (χ2v) is 10.3. The van der Waals surface area contributed by atoms with E-state index in [-0.39, 0.29) is 11.2 Å². The number of fused-ring (bicyclic) bond motifs is 2. The third-order valence-corrected chi connectivity index (χ3v) is 7.03. The van der Waals surface area contributed by atoms with E-state index in [1.54, 1.807) is 0 Å². The largest absolute Gasteiger partial charge is 0.347 e. The summed E-state index contributed by atoms with van der Waals surface area (Å²) in [7, 11) is -1.83. The fourth-order valence-electron chi connectivity index (χ4n) is 4.61. The lowest BCUT2D eigenvalue weighted by atomic mass is 9.84. The maximum Gasteiger partial charge on any atom is 0.265 e. The molecular formula is C26H29N2O3S+. The molecule has 0 unspecified atom stereocenters. The molecule has 6 heteroatoms. The Morgan fingerprint density at radius 2 is 1.78 bits per heavy atom. The van der Waals surface area contributed by atoms with Gasteiger partial charge in [-0.25, -0.2) is 0 Å². The van der Waals surface area contributed by atoms with Crippen molar-refractivity contribution in [1.29, 1.82) is 0 Å². The first-order valence-corrected chi connectivity index (χ1v) is 12.4. The molecule has 1 aliphatic heterocycles. The number of nitrogens with zero attached hydrogens (tertiary/aromatic N) is 2. The average Bonchev–Trinajstić information content (AvgIpc) is 2.95. The summed E-state index contributed by atoms with van der Waals surface area (Å²) in [6.07, 6.45) is 8.73. The van der Waals surface area contributed by atoms with Gasteiger partial charge in [0.15, 0.2) is 6.20 Å². The zero-order valence-electron chi connectivity index (χ0n) is 18.7. The summed E-state index contributed by atoms with van der Waals surface area (Å²) in [5.41, 5.74) is 5.88. The molecule has 0 bridgehead atoms. The SMILES string of the molecule is CN1/C(=C/C=C/c2cc[n+](CCCS(=O)(=O)O)c3ccccc23)C(C)(C)c2ccccc21. The normalized spacial score (nSPS) is 16.9. The number of benzene rings is 2. The summed E-state index contributed by atoms with van der Waals surface area (Å²) >= 11 is 0. The van der Waals surface area contributed by atoms with Crippen molar-refractivity contribution >= 4 is 32.8 Å². The second kappa shape index (κ2) is 8.52. The number of anilines is 1. The van der Waals surface area contributed by atoms with Crippen molar-refractivity contribution in [3.05, 3.63) is 89.8 Å². The summed E-state index contributed by atoms with van der Waals surface area (Å²) in [6.45, 7) is 5.02. The van der Waals surface area contributed by atoms with Gasteiger partial charge in [-0.05, 0) is 29.3 Å². The molecule has 0 radical (unpaired) electrons. The second-order valence-electron chi connectivity index (χ2n) is 8.73. The van der Waals surface area contributed by atoms with Crippen molar-refractivity contribution < 1.29 is 17.5 Å². The molecule has 0 saturated carbocycles. The van der Waals surface area contributed by atoms with Crippen LogP contribution in [0.1, 0.15) is 31.4 Å². The van der Waals surface area contributed by atoms with Gasteiger partial charge in [0.2, 0.25) is 5.52 Å². The van der Waals surface area contributed by atoms with E-state index in [0.29, 0.717) is 13.0 Å². The van der Waals surface area contributed by atoms with Crippen molar-refractivity contribution in [3.8, 4) is 0 Å². The van der Waals surface area contributed by atoms with Crippen LogP contribution in [0.25, 0.3) is 17.0 Å².